The van der Waals surface area contributed by atoms with Crippen LogP contribution in [0, 0.1) is 0 Å². The second-order valence-corrected chi connectivity index (χ2v) is 26.0. The summed E-state index contributed by atoms with van der Waals surface area (Å²) in [6, 6.07) is 67.0. The van der Waals surface area contributed by atoms with Crippen molar-refractivity contribution in [1.29, 1.82) is 0 Å². The Morgan fingerprint density at radius 3 is 1.38 bits per heavy atom. The molecule has 1 fully saturated rings. The molecule has 2 aromatic heterocycles. The SMILES string of the molecule is CC(C)(C)c1cccc2c1oc1c(N3c4cc(N5c6ccccc6C6(C)CCCCC56C)cc5c4B4c6c3cccc6C(C)(c3ccccc3)c3cccc(c34)N5c3cccc4c3oc3c(C(C)(C)C)cccc34)cccc12. The minimum atomic E-state index is -0.500. The van der Waals surface area contributed by atoms with E-state index in [1.165, 1.54) is 96.7 Å². The van der Waals surface area contributed by atoms with Crippen molar-refractivity contribution >= 4 is 112 Å². The van der Waals surface area contributed by atoms with Gasteiger partial charge in [-0.25, -0.2) is 0 Å². The largest absolute Gasteiger partial charge is 0.454 e. The van der Waals surface area contributed by atoms with Crippen LogP contribution in [0.2, 0.25) is 0 Å². The molecule has 4 aliphatic heterocycles. The van der Waals surface area contributed by atoms with E-state index in [4.69, 9.17) is 8.83 Å². The minimum absolute atomic E-state index is 0.0438. The van der Waals surface area contributed by atoms with Crippen LogP contribution in [0.1, 0.15) is 121 Å². The van der Waals surface area contributed by atoms with Gasteiger partial charge in [-0.05, 0) is 119 Å². The molecule has 11 aromatic rings. The third-order valence-corrected chi connectivity index (χ3v) is 19.9. The van der Waals surface area contributed by atoms with Crippen molar-refractivity contribution < 1.29 is 8.83 Å². The Hall–Kier alpha value is -7.96. The van der Waals surface area contributed by atoms with Crippen molar-refractivity contribution in [3.8, 4) is 0 Å². The molecule has 2 unspecified atom stereocenters. The van der Waals surface area contributed by atoms with Gasteiger partial charge < -0.3 is 23.5 Å². The highest BCUT2D eigenvalue weighted by Gasteiger charge is 2.59. The van der Waals surface area contributed by atoms with Gasteiger partial charge in [0.15, 0.2) is 11.2 Å². The Morgan fingerprint density at radius 1 is 0.410 bits per heavy atom. The van der Waals surface area contributed by atoms with Gasteiger partial charge in [0.2, 0.25) is 0 Å². The summed E-state index contributed by atoms with van der Waals surface area (Å²) in [5, 5.41) is 4.54. The lowest BCUT2D eigenvalue weighted by Crippen LogP contribution is -2.67. The van der Waals surface area contributed by atoms with Crippen molar-refractivity contribution in [1.82, 2.24) is 0 Å². The van der Waals surface area contributed by atoms with Gasteiger partial charge in [-0.2, -0.15) is 0 Å². The maximum atomic E-state index is 7.43. The molecule has 2 atom stereocenters. The summed E-state index contributed by atoms with van der Waals surface area (Å²) in [7, 11) is 0. The molecule has 0 radical (unpaired) electrons. The quantitative estimate of drug-likeness (QED) is 0.164. The number of para-hydroxylation sites is 5. The fraction of sp³-hybridized carbons (Fsp3) is 0.250. The molecular weight excluding hydrogens is 950 g/mol. The average Bonchev–Trinajstić information content (AvgIpc) is 1.92. The first-order valence-electron chi connectivity index (χ1n) is 28.5. The Morgan fingerprint density at radius 2 is 0.846 bits per heavy atom. The summed E-state index contributed by atoms with van der Waals surface area (Å²) in [5.41, 5.74) is 23.9. The van der Waals surface area contributed by atoms with E-state index in [-0.39, 0.29) is 28.5 Å². The van der Waals surface area contributed by atoms with Crippen LogP contribution in [-0.4, -0.2) is 12.3 Å². The predicted molar refractivity (Wildman–Crippen MR) is 327 cm³/mol. The van der Waals surface area contributed by atoms with Crippen LogP contribution in [0.5, 0.6) is 0 Å². The predicted octanol–water partition coefficient (Wildman–Crippen LogP) is 17.6. The summed E-state index contributed by atoms with van der Waals surface area (Å²) in [6.07, 6.45) is 4.66. The van der Waals surface area contributed by atoms with E-state index < -0.39 is 5.41 Å². The highest BCUT2D eigenvalue weighted by atomic mass is 16.3. The number of furan rings is 2. The topological polar surface area (TPSA) is 36.0 Å². The number of rotatable bonds is 4. The van der Waals surface area contributed by atoms with E-state index >= 15 is 0 Å². The first-order chi connectivity index (χ1) is 37.6. The second-order valence-electron chi connectivity index (χ2n) is 26.0. The molecule has 1 aliphatic carbocycles. The molecule has 9 aromatic carbocycles. The first-order valence-corrected chi connectivity index (χ1v) is 28.5. The molecule has 1 saturated carbocycles. The number of anilines is 8. The lowest BCUT2D eigenvalue weighted by Gasteiger charge is -2.52. The molecule has 78 heavy (non-hydrogen) atoms. The number of benzene rings is 9. The second kappa shape index (κ2) is 15.4. The lowest BCUT2D eigenvalue weighted by atomic mass is 9.28. The minimum Gasteiger partial charge on any atom is -0.454 e. The molecule has 0 saturated heterocycles. The number of hydrogen-bond donors (Lipinski definition) is 0. The number of fused-ring (bicyclic) bond motifs is 9. The maximum Gasteiger partial charge on any atom is 0.252 e. The number of hydrogen-bond acceptors (Lipinski definition) is 5. The molecule has 5 aliphatic rings. The van der Waals surface area contributed by atoms with Crippen LogP contribution in [0.3, 0.4) is 0 Å². The molecule has 0 bridgehead atoms. The van der Waals surface area contributed by atoms with E-state index in [0.29, 0.717) is 0 Å². The smallest absolute Gasteiger partial charge is 0.252 e. The van der Waals surface area contributed by atoms with Crippen molar-refractivity contribution in [2.24, 2.45) is 0 Å². The van der Waals surface area contributed by atoms with Gasteiger partial charge in [-0.15, -0.1) is 0 Å². The van der Waals surface area contributed by atoms with Gasteiger partial charge in [0.1, 0.15) is 11.2 Å². The van der Waals surface area contributed by atoms with Crippen LogP contribution in [0.15, 0.2) is 185 Å². The zero-order valence-electron chi connectivity index (χ0n) is 46.3. The van der Waals surface area contributed by atoms with Crippen LogP contribution in [-0.2, 0) is 21.7 Å². The molecule has 6 heterocycles. The normalized spacial score (nSPS) is 19.8. The van der Waals surface area contributed by atoms with Crippen molar-refractivity contribution in [3.63, 3.8) is 0 Å². The maximum absolute atomic E-state index is 7.43. The number of nitrogens with zero attached hydrogens (tertiary/aromatic N) is 3. The molecule has 0 N–H and O–H groups in total. The highest BCUT2D eigenvalue weighted by molar-refractivity contribution is 7.01. The average molecular weight is 1010 g/mol. The molecular formula is C72H64BN3O2. The fourth-order valence-corrected chi connectivity index (χ4v) is 16.1. The van der Waals surface area contributed by atoms with E-state index in [0.717, 1.165) is 68.1 Å². The molecule has 0 amide bonds. The standard InChI is InChI=1S/C72H64BN3O2/c1-68(2,3)52-32-17-25-45-47-27-19-37-57(66(47)77-64(45)52)74-55-35-21-30-50-61(55)73-62-51(72(50,9)43-23-11-10-12-24-43)31-22-36-56(62)75(58-38-20-28-48-46-26-18-33-53(69(4,5)6)65(46)78-67(48)58)60-42-44(41-59(74)63(60)73)76-54-34-14-13-29-49(54)70(7)39-15-16-40-71(70,76)8/h10-14,17-38,41-42H,15-16,39-40H2,1-9H3. The third-order valence-electron chi connectivity index (χ3n) is 19.9. The van der Waals surface area contributed by atoms with E-state index in [1.807, 2.05) is 0 Å². The first kappa shape index (κ1) is 46.2. The van der Waals surface area contributed by atoms with Crippen molar-refractivity contribution in [3.05, 3.63) is 209 Å². The van der Waals surface area contributed by atoms with E-state index in [9.17, 15) is 0 Å². The van der Waals surface area contributed by atoms with Crippen molar-refractivity contribution in [2.45, 2.75) is 115 Å². The summed E-state index contributed by atoms with van der Waals surface area (Å²) >= 11 is 0. The van der Waals surface area contributed by atoms with Crippen LogP contribution in [0.4, 0.5) is 45.5 Å². The highest BCUT2D eigenvalue weighted by Crippen LogP contribution is 2.62. The molecule has 5 nitrogen and oxygen atoms in total. The van der Waals surface area contributed by atoms with Gasteiger partial charge in [-0.3, -0.25) is 0 Å². The van der Waals surface area contributed by atoms with Crippen LogP contribution >= 0.6 is 0 Å². The van der Waals surface area contributed by atoms with Gasteiger partial charge in [-0.1, -0.05) is 195 Å². The Labute approximate surface area is 458 Å². The summed E-state index contributed by atoms with van der Waals surface area (Å²) < 4.78 is 14.9. The van der Waals surface area contributed by atoms with Gasteiger partial charge >= 0.3 is 0 Å². The zero-order valence-corrected chi connectivity index (χ0v) is 46.3. The van der Waals surface area contributed by atoms with Gasteiger partial charge in [0, 0.05) is 77.6 Å². The monoisotopic (exact) mass is 1010 g/mol. The molecule has 0 spiro atoms. The van der Waals surface area contributed by atoms with E-state index in [1.54, 1.807) is 0 Å². The van der Waals surface area contributed by atoms with Crippen molar-refractivity contribution in [2.75, 3.05) is 14.7 Å². The zero-order chi connectivity index (χ0) is 53.0. The Kier molecular flexibility index (Phi) is 9.12. The van der Waals surface area contributed by atoms with Crippen LogP contribution < -0.4 is 31.1 Å². The summed E-state index contributed by atoms with van der Waals surface area (Å²) in [6.45, 7) is 21.3. The summed E-state index contributed by atoms with van der Waals surface area (Å²) in [5.74, 6) is 0. The fourth-order valence-electron chi connectivity index (χ4n) is 16.1. The van der Waals surface area contributed by atoms with Gasteiger partial charge in [0.25, 0.3) is 6.71 Å². The van der Waals surface area contributed by atoms with Gasteiger partial charge in [0.05, 0.1) is 16.9 Å². The van der Waals surface area contributed by atoms with E-state index in [2.05, 4.69) is 253 Å². The molecule has 16 rings (SSSR count). The third kappa shape index (κ3) is 5.73. The lowest BCUT2D eigenvalue weighted by molar-refractivity contribution is 0.195. The van der Waals surface area contributed by atoms with Crippen LogP contribution in [0.25, 0.3) is 43.9 Å². The Bertz CT molecular complexity index is 4190. The molecule has 382 valence electrons. The Balaban J connectivity index is 1.08. The summed E-state index contributed by atoms with van der Waals surface area (Å²) in [4.78, 5) is 8.00. The molecule has 6 heteroatoms.